The Morgan fingerprint density at radius 3 is 2.03 bits per heavy atom. The smallest absolute Gasteiger partial charge is 0.237 e. The predicted molar refractivity (Wildman–Crippen MR) is 129 cm³/mol. The van der Waals surface area contributed by atoms with Gasteiger partial charge < -0.3 is 15.5 Å². The molecule has 0 bridgehead atoms. The van der Waals surface area contributed by atoms with Gasteiger partial charge in [-0.2, -0.15) is 0 Å². The summed E-state index contributed by atoms with van der Waals surface area (Å²) < 4.78 is 0. The van der Waals surface area contributed by atoms with Gasteiger partial charge >= 0.3 is 0 Å². The molecule has 6 heteroatoms. The Morgan fingerprint density at radius 2 is 1.42 bits per heavy atom. The van der Waals surface area contributed by atoms with Gasteiger partial charge in [0.2, 0.25) is 11.8 Å². The summed E-state index contributed by atoms with van der Waals surface area (Å²) in [6, 6.07) is 21.5. The Balaban J connectivity index is 1.21. The molecule has 2 aliphatic heterocycles. The van der Waals surface area contributed by atoms with Crippen LogP contribution in [-0.2, 0) is 9.59 Å². The van der Waals surface area contributed by atoms with Crippen LogP contribution in [-0.4, -0.2) is 65.9 Å². The number of carbonyl (C=O) groups excluding carboxylic acids is 2. The van der Waals surface area contributed by atoms with Crippen molar-refractivity contribution in [3.8, 4) is 0 Å². The van der Waals surface area contributed by atoms with E-state index in [-0.39, 0.29) is 30.3 Å². The predicted octanol–water partition coefficient (Wildman–Crippen LogP) is 2.71. The van der Waals surface area contributed by atoms with Gasteiger partial charge in [-0.15, -0.1) is 0 Å². The Bertz CT molecular complexity index is 904. The van der Waals surface area contributed by atoms with Crippen LogP contribution in [0.3, 0.4) is 0 Å². The molecule has 2 saturated heterocycles. The van der Waals surface area contributed by atoms with Crippen molar-refractivity contribution in [1.29, 1.82) is 0 Å². The quantitative estimate of drug-likeness (QED) is 0.741. The van der Waals surface area contributed by atoms with E-state index in [0.29, 0.717) is 19.1 Å². The van der Waals surface area contributed by atoms with E-state index < -0.39 is 6.04 Å². The lowest BCUT2D eigenvalue weighted by Gasteiger charge is -2.42. The SMILES string of the molecule is O=C1N[C@@H]2CCCC[C@@H]2N[C@@H]1CC(=O)N1CCN(C(c2ccccc2)c2ccccc2)CC1. The number of hydrogen-bond donors (Lipinski definition) is 2. The number of carbonyl (C=O) groups is 2. The van der Waals surface area contributed by atoms with E-state index in [9.17, 15) is 9.59 Å². The molecule has 1 saturated carbocycles. The van der Waals surface area contributed by atoms with Crippen LogP contribution in [0.4, 0.5) is 0 Å². The molecule has 2 amide bonds. The summed E-state index contributed by atoms with van der Waals surface area (Å²) >= 11 is 0. The van der Waals surface area contributed by atoms with Crippen molar-refractivity contribution in [1.82, 2.24) is 20.4 Å². The molecule has 3 fully saturated rings. The van der Waals surface area contributed by atoms with Crippen molar-refractivity contribution in [2.75, 3.05) is 26.2 Å². The van der Waals surface area contributed by atoms with Gasteiger partial charge in [-0.1, -0.05) is 73.5 Å². The summed E-state index contributed by atoms with van der Waals surface area (Å²) in [7, 11) is 0. The molecule has 0 radical (unpaired) electrons. The third-order valence-corrected chi connectivity index (χ3v) is 7.47. The van der Waals surface area contributed by atoms with Crippen LogP contribution in [0.1, 0.15) is 49.3 Å². The zero-order chi connectivity index (χ0) is 22.6. The van der Waals surface area contributed by atoms with Gasteiger partial charge in [-0.05, 0) is 24.0 Å². The Morgan fingerprint density at radius 1 is 0.848 bits per heavy atom. The summed E-state index contributed by atoms with van der Waals surface area (Å²) in [4.78, 5) is 30.0. The Labute approximate surface area is 196 Å². The highest BCUT2D eigenvalue weighted by atomic mass is 16.2. The standard InChI is InChI=1S/C27H34N4O2/c32-25(19-24-27(33)29-23-14-8-7-13-22(23)28-24)30-15-17-31(18-16-30)26(20-9-3-1-4-10-20)21-11-5-2-6-12-21/h1-6,9-12,22-24,26,28H,7-8,13-19H2,(H,29,33)/t22-,23+,24+/m0/s1. The van der Waals surface area contributed by atoms with Crippen LogP contribution >= 0.6 is 0 Å². The molecule has 0 unspecified atom stereocenters. The summed E-state index contributed by atoms with van der Waals surface area (Å²) in [6.07, 6.45) is 4.72. The minimum atomic E-state index is -0.406. The first-order valence-electron chi connectivity index (χ1n) is 12.4. The van der Waals surface area contributed by atoms with E-state index in [1.165, 1.54) is 24.0 Å². The van der Waals surface area contributed by atoms with E-state index in [2.05, 4.69) is 64.1 Å². The van der Waals surface area contributed by atoms with Crippen molar-refractivity contribution >= 4 is 11.8 Å². The van der Waals surface area contributed by atoms with Crippen LogP contribution in [0.2, 0.25) is 0 Å². The number of rotatable bonds is 5. The molecule has 2 aromatic rings. The minimum Gasteiger partial charge on any atom is -0.350 e. The van der Waals surface area contributed by atoms with Crippen molar-refractivity contribution in [2.45, 2.75) is 56.3 Å². The number of benzene rings is 2. The van der Waals surface area contributed by atoms with Crippen LogP contribution in [0, 0.1) is 0 Å². The van der Waals surface area contributed by atoms with Crippen LogP contribution in [0.15, 0.2) is 60.7 Å². The van der Waals surface area contributed by atoms with Crippen molar-refractivity contribution in [3.63, 3.8) is 0 Å². The lowest BCUT2D eigenvalue weighted by molar-refractivity contribution is -0.138. The number of fused-ring (bicyclic) bond motifs is 1. The molecule has 33 heavy (non-hydrogen) atoms. The van der Waals surface area contributed by atoms with E-state index in [4.69, 9.17) is 0 Å². The maximum Gasteiger partial charge on any atom is 0.237 e. The third-order valence-electron chi connectivity index (χ3n) is 7.47. The molecule has 0 aromatic heterocycles. The molecule has 2 N–H and O–H groups in total. The number of nitrogens with zero attached hydrogens (tertiary/aromatic N) is 2. The molecule has 174 valence electrons. The summed E-state index contributed by atoms with van der Waals surface area (Å²) in [5, 5.41) is 6.63. The molecule has 2 aromatic carbocycles. The third kappa shape index (κ3) is 4.97. The molecule has 1 aliphatic carbocycles. The first-order chi connectivity index (χ1) is 16.2. The van der Waals surface area contributed by atoms with E-state index in [0.717, 1.165) is 25.9 Å². The Kier molecular flexibility index (Phi) is 6.74. The topological polar surface area (TPSA) is 64.7 Å². The molecular weight excluding hydrogens is 412 g/mol. The minimum absolute atomic E-state index is 0.0154. The van der Waals surface area contributed by atoms with Gasteiger partial charge in [0.25, 0.3) is 0 Å². The normalized spacial score (nSPS) is 26.0. The molecule has 3 atom stereocenters. The maximum absolute atomic E-state index is 13.1. The second kappa shape index (κ2) is 10.1. The lowest BCUT2D eigenvalue weighted by atomic mass is 9.87. The monoisotopic (exact) mass is 446 g/mol. The van der Waals surface area contributed by atoms with Crippen LogP contribution < -0.4 is 10.6 Å². The fraction of sp³-hybridized carbons (Fsp3) is 0.481. The van der Waals surface area contributed by atoms with E-state index in [1.807, 2.05) is 17.0 Å². The van der Waals surface area contributed by atoms with Gasteiger partial charge in [-0.3, -0.25) is 14.5 Å². The van der Waals surface area contributed by atoms with Crippen molar-refractivity contribution < 1.29 is 9.59 Å². The second-order valence-corrected chi connectivity index (χ2v) is 9.57. The van der Waals surface area contributed by atoms with Crippen LogP contribution in [0.25, 0.3) is 0 Å². The Hall–Kier alpha value is -2.70. The first kappa shape index (κ1) is 22.1. The molecular formula is C27H34N4O2. The summed E-state index contributed by atoms with van der Waals surface area (Å²) in [5.74, 6) is 0.0610. The van der Waals surface area contributed by atoms with Gasteiger partial charge in [0.05, 0.1) is 18.5 Å². The highest BCUT2D eigenvalue weighted by Crippen LogP contribution is 2.29. The summed E-state index contributed by atoms with van der Waals surface area (Å²) in [6.45, 7) is 3.01. The number of nitrogens with one attached hydrogen (secondary N) is 2. The molecule has 5 rings (SSSR count). The molecule has 3 aliphatic rings. The highest BCUT2D eigenvalue weighted by Gasteiger charge is 2.38. The molecule has 6 nitrogen and oxygen atoms in total. The fourth-order valence-electron chi connectivity index (χ4n) is 5.69. The van der Waals surface area contributed by atoms with Gasteiger partial charge in [-0.25, -0.2) is 0 Å². The van der Waals surface area contributed by atoms with Crippen molar-refractivity contribution in [2.24, 2.45) is 0 Å². The molecule has 0 spiro atoms. The molecule has 2 heterocycles. The van der Waals surface area contributed by atoms with Gasteiger partial charge in [0.15, 0.2) is 0 Å². The largest absolute Gasteiger partial charge is 0.350 e. The summed E-state index contributed by atoms with van der Waals surface area (Å²) in [5.41, 5.74) is 2.54. The average molecular weight is 447 g/mol. The van der Waals surface area contributed by atoms with Crippen LogP contribution in [0.5, 0.6) is 0 Å². The second-order valence-electron chi connectivity index (χ2n) is 9.57. The highest BCUT2D eigenvalue weighted by molar-refractivity contribution is 5.89. The van der Waals surface area contributed by atoms with Crippen molar-refractivity contribution in [3.05, 3.63) is 71.8 Å². The zero-order valence-electron chi connectivity index (χ0n) is 19.2. The van der Waals surface area contributed by atoms with E-state index in [1.54, 1.807) is 0 Å². The zero-order valence-corrected chi connectivity index (χ0v) is 19.2. The van der Waals surface area contributed by atoms with Gasteiger partial charge in [0, 0.05) is 38.3 Å². The lowest BCUT2D eigenvalue weighted by Crippen LogP contribution is -2.65. The van der Waals surface area contributed by atoms with E-state index >= 15 is 0 Å². The fourth-order valence-corrected chi connectivity index (χ4v) is 5.69. The average Bonchev–Trinajstić information content (AvgIpc) is 2.86. The number of hydrogen-bond acceptors (Lipinski definition) is 4. The number of piperazine rings is 2. The number of amides is 2. The maximum atomic E-state index is 13.1. The first-order valence-corrected chi connectivity index (χ1v) is 12.4. The van der Waals surface area contributed by atoms with Gasteiger partial charge in [0.1, 0.15) is 0 Å².